The maximum absolute atomic E-state index is 12.2. The third-order valence-electron chi connectivity index (χ3n) is 4.12. The van der Waals surface area contributed by atoms with Crippen molar-refractivity contribution in [3.63, 3.8) is 0 Å². The van der Waals surface area contributed by atoms with E-state index in [1.165, 1.54) is 5.56 Å². The number of halogens is 1. The molecule has 2 N–H and O–H groups in total. The molecule has 0 bridgehead atoms. The van der Waals surface area contributed by atoms with Crippen molar-refractivity contribution in [2.24, 2.45) is 5.73 Å². The number of carbonyl (C=O) groups excluding carboxylic acids is 1. The first-order chi connectivity index (χ1) is 9.99. The average molecular weight is 301 g/mol. The van der Waals surface area contributed by atoms with Crippen LogP contribution in [-0.2, 0) is 4.79 Å². The maximum Gasteiger partial charge on any atom is 0.247 e. The lowest BCUT2D eigenvalue weighted by molar-refractivity contribution is -0.126. The van der Waals surface area contributed by atoms with Crippen LogP contribution in [0.1, 0.15) is 22.7 Å². The summed E-state index contributed by atoms with van der Waals surface area (Å²) < 4.78 is 0. The SMILES string of the molecule is Cc1ccc(N2C(=O)[C@@H](N)[C@@H]2c2ccc(Cl)cc2)cc1C. The number of anilines is 1. The first kappa shape index (κ1) is 14.1. The van der Waals surface area contributed by atoms with Gasteiger partial charge in [-0.05, 0) is 54.8 Å². The van der Waals surface area contributed by atoms with Gasteiger partial charge in [-0.25, -0.2) is 0 Å². The van der Waals surface area contributed by atoms with E-state index in [-0.39, 0.29) is 11.9 Å². The smallest absolute Gasteiger partial charge is 0.247 e. The van der Waals surface area contributed by atoms with E-state index in [0.29, 0.717) is 5.02 Å². The van der Waals surface area contributed by atoms with Gasteiger partial charge in [0.05, 0.1) is 6.04 Å². The summed E-state index contributed by atoms with van der Waals surface area (Å²) in [5.74, 6) is -0.0433. The van der Waals surface area contributed by atoms with Crippen LogP contribution in [-0.4, -0.2) is 11.9 Å². The molecule has 3 rings (SSSR count). The fraction of sp³-hybridized carbons (Fsp3) is 0.235. The Morgan fingerprint density at radius 2 is 1.71 bits per heavy atom. The summed E-state index contributed by atoms with van der Waals surface area (Å²) in [5, 5.41) is 0.677. The Balaban J connectivity index is 1.98. The molecule has 1 heterocycles. The average Bonchev–Trinajstić information content (AvgIpc) is 2.48. The minimum atomic E-state index is -0.493. The van der Waals surface area contributed by atoms with Gasteiger partial charge in [-0.2, -0.15) is 0 Å². The molecule has 0 aromatic heterocycles. The molecule has 1 fully saturated rings. The lowest BCUT2D eigenvalue weighted by Crippen LogP contribution is -2.63. The molecule has 3 nitrogen and oxygen atoms in total. The molecule has 0 unspecified atom stereocenters. The van der Waals surface area contributed by atoms with Crippen molar-refractivity contribution in [2.75, 3.05) is 4.90 Å². The number of β-lactam (4-membered cyclic amide) rings is 1. The molecule has 2 aromatic carbocycles. The molecular formula is C17H17ClN2O. The number of aryl methyl sites for hydroxylation is 2. The van der Waals surface area contributed by atoms with Gasteiger partial charge in [0.25, 0.3) is 0 Å². The summed E-state index contributed by atoms with van der Waals surface area (Å²) in [5.41, 5.74) is 10.3. The number of nitrogens with zero attached hydrogens (tertiary/aromatic N) is 1. The molecule has 21 heavy (non-hydrogen) atoms. The molecule has 0 spiro atoms. The van der Waals surface area contributed by atoms with Crippen molar-refractivity contribution in [3.8, 4) is 0 Å². The Morgan fingerprint density at radius 1 is 1.05 bits per heavy atom. The molecule has 1 aliphatic heterocycles. The van der Waals surface area contributed by atoms with Gasteiger partial charge in [0.1, 0.15) is 6.04 Å². The van der Waals surface area contributed by atoms with Crippen molar-refractivity contribution in [1.82, 2.24) is 0 Å². The first-order valence-electron chi connectivity index (χ1n) is 6.90. The van der Waals surface area contributed by atoms with Gasteiger partial charge >= 0.3 is 0 Å². The van der Waals surface area contributed by atoms with Gasteiger partial charge in [-0.1, -0.05) is 29.8 Å². The van der Waals surface area contributed by atoms with Crippen LogP contribution in [0.4, 0.5) is 5.69 Å². The number of nitrogens with two attached hydrogens (primary N) is 1. The Hall–Kier alpha value is -1.84. The predicted molar refractivity (Wildman–Crippen MR) is 85.6 cm³/mol. The molecule has 1 saturated heterocycles. The second kappa shape index (κ2) is 5.17. The van der Waals surface area contributed by atoms with Crippen LogP contribution in [0.5, 0.6) is 0 Å². The van der Waals surface area contributed by atoms with Gasteiger partial charge in [-0.15, -0.1) is 0 Å². The number of amides is 1. The fourth-order valence-corrected chi connectivity index (χ4v) is 2.82. The summed E-state index contributed by atoms with van der Waals surface area (Å²) >= 11 is 5.92. The van der Waals surface area contributed by atoms with E-state index in [9.17, 15) is 4.79 Å². The number of hydrogen-bond donors (Lipinski definition) is 1. The Kier molecular flexibility index (Phi) is 3.47. The predicted octanol–water partition coefficient (Wildman–Crippen LogP) is 3.37. The van der Waals surface area contributed by atoms with Crippen LogP contribution in [0, 0.1) is 13.8 Å². The molecule has 0 saturated carbocycles. The van der Waals surface area contributed by atoms with Crippen molar-refractivity contribution >= 4 is 23.2 Å². The summed E-state index contributed by atoms with van der Waals surface area (Å²) in [7, 11) is 0. The summed E-state index contributed by atoms with van der Waals surface area (Å²) in [6, 6.07) is 12.9. The van der Waals surface area contributed by atoms with Crippen LogP contribution in [0.25, 0.3) is 0 Å². The van der Waals surface area contributed by atoms with E-state index in [0.717, 1.165) is 16.8 Å². The molecule has 108 valence electrons. The number of hydrogen-bond acceptors (Lipinski definition) is 2. The fourth-order valence-electron chi connectivity index (χ4n) is 2.69. The van der Waals surface area contributed by atoms with Crippen LogP contribution in [0.3, 0.4) is 0 Å². The monoisotopic (exact) mass is 300 g/mol. The molecule has 4 heteroatoms. The van der Waals surface area contributed by atoms with E-state index in [1.807, 2.05) is 49.4 Å². The number of carbonyl (C=O) groups is 1. The van der Waals surface area contributed by atoms with Gasteiger partial charge in [0.2, 0.25) is 5.91 Å². The van der Waals surface area contributed by atoms with E-state index in [2.05, 4.69) is 6.92 Å². The topological polar surface area (TPSA) is 46.3 Å². The van der Waals surface area contributed by atoms with Crippen molar-refractivity contribution in [2.45, 2.75) is 25.9 Å². The first-order valence-corrected chi connectivity index (χ1v) is 7.28. The van der Waals surface area contributed by atoms with Gasteiger partial charge in [-0.3, -0.25) is 4.79 Å². The molecule has 2 aromatic rings. The highest BCUT2D eigenvalue weighted by Crippen LogP contribution is 2.38. The summed E-state index contributed by atoms with van der Waals surface area (Å²) in [4.78, 5) is 13.9. The summed E-state index contributed by atoms with van der Waals surface area (Å²) in [6.07, 6.45) is 0. The number of rotatable bonds is 2. The van der Waals surface area contributed by atoms with Gasteiger partial charge in [0, 0.05) is 10.7 Å². The Bertz CT molecular complexity index is 696. The molecule has 1 aliphatic rings. The van der Waals surface area contributed by atoms with Crippen molar-refractivity contribution < 1.29 is 4.79 Å². The van der Waals surface area contributed by atoms with E-state index in [1.54, 1.807) is 4.90 Å². The largest absolute Gasteiger partial charge is 0.318 e. The van der Waals surface area contributed by atoms with Crippen molar-refractivity contribution in [3.05, 3.63) is 64.2 Å². The minimum absolute atomic E-state index is 0.0433. The molecule has 2 atom stereocenters. The lowest BCUT2D eigenvalue weighted by atomic mass is 9.88. The van der Waals surface area contributed by atoms with Crippen LogP contribution < -0.4 is 10.6 Å². The Labute approximate surface area is 129 Å². The highest BCUT2D eigenvalue weighted by molar-refractivity contribution is 6.30. The number of benzene rings is 2. The van der Waals surface area contributed by atoms with E-state index in [4.69, 9.17) is 17.3 Å². The van der Waals surface area contributed by atoms with E-state index < -0.39 is 6.04 Å². The molecule has 0 radical (unpaired) electrons. The third kappa shape index (κ3) is 2.33. The second-order valence-corrected chi connectivity index (χ2v) is 5.94. The minimum Gasteiger partial charge on any atom is -0.318 e. The van der Waals surface area contributed by atoms with E-state index >= 15 is 0 Å². The summed E-state index contributed by atoms with van der Waals surface area (Å²) in [6.45, 7) is 4.10. The zero-order valence-corrected chi connectivity index (χ0v) is 12.8. The standard InChI is InChI=1S/C17H17ClN2O/c1-10-3-8-14(9-11(10)2)20-16(15(19)17(20)21)12-4-6-13(18)7-5-12/h3-9,15-16H,19H2,1-2H3/t15-,16-/m0/s1. The van der Waals surface area contributed by atoms with Crippen molar-refractivity contribution in [1.29, 1.82) is 0 Å². The zero-order chi connectivity index (χ0) is 15.1. The Morgan fingerprint density at radius 3 is 2.33 bits per heavy atom. The zero-order valence-electron chi connectivity index (χ0n) is 12.0. The molecule has 0 aliphatic carbocycles. The second-order valence-electron chi connectivity index (χ2n) is 5.50. The highest BCUT2D eigenvalue weighted by Gasteiger charge is 2.46. The van der Waals surface area contributed by atoms with Gasteiger partial charge in [0.15, 0.2) is 0 Å². The maximum atomic E-state index is 12.2. The van der Waals surface area contributed by atoms with Crippen LogP contribution in [0.15, 0.2) is 42.5 Å². The van der Waals surface area contributed by atoms with Crippen LogP contribution in [0.2, 0.25) is 5.02 Å². The lowest BCUT2D eigenvalue weighted by Gasteiger charge is -2.45. The van der Waals surface area contributed by atoms with Gasteiger partial charge < -0.3 is 10.6 Å². The normalized spacial score (nSPS) is 21.3. The molecule has 1 amide bonds. The van der Waals surface area contributed by atoms with Crippen LogP contribution >= 0.6 is 11.6 Å². The third-order valence-corrected chi connectivity index (χ3v) is 4.37. The quantitative estimate of drug-likeness (QED) is 0.864. The highest BCUT2D eigenvalue weighted by atomic mass is 35.5. The molecular weight excluding hydrogens is 284 g/mol.